The monoisotopic (exact) mass is 225 g/mol. The first kappa shape index (κ1) is 10.2. The van der Waals surface area contributed by atoms with Crippen LogP contribution in [0.1, 0.15) is 30.5 Å². The van der Waals surface area contributed by atoms with Crippen molar-refractivity contribution in [3.63, 3.8) is 0 Å². The van der Waals surface area contributed by atoms with Gasteiger partial charge >= 0.3 is 0 Å². The molecule has 0 aromatic carbocycles. The fourth-order valence-electron chi connectivity index (χ4n) is 2.01. The van der Waals surface area contributed by atoms with E-state index in [0.29, 0.717) is 31.4 Å². The highest BCUT2D eigenvalue weighted by atomic mass is 16.5. The highest BCUT2D eigenvalue weighted by Gasteiger charge is 2.32. The number of aliphatic hydroxyl groups excluding tert-OH is 2. The predicted octanol–water partition coefficient (Wildman–Crippen LogP) is -0.516. The molecule has 2 atom stereocenters. The molecule has 0 radical (unpaired) electrons. The second-order valence-electron chi connectivity index (χ2n) is 4.65. The van der Waals surface area contributed by atoms with Crippen LogP contribution in [0.3, 0.4) is 0 Å². The fraction of sp³-hybridized carbons (Fsp3) is 0.800. The fourth-order valence-corrected chi connectivity index (χ4v) is 2.01. The summed E-state index contributed by atoms with van der Waals surface area (Å²) in [5.41, 5.74) is 0. The molecule has 2 aliphatic rings. The lowest BCUT2D eigenvalue weighted by molar-refractivity contribution is 0.0572. The molecule has 1 saturated carbocycles. The van der Waals surface area contributed by atoms with Gasteiger partial charge in [0.25, 0.3) is 0 Å². The van der Waals surface area contributed by atoms with Gasteiger partial charge in [-0.25, -0.2) is 0 Å². The Hall–Kier alpha value is -0.980. The third kappa shape index (κ3) is 1.95. The van der Waals surface area contributed by atoms with Crippen LogP contribution in [0.25, 0.3) is 0 Å². The van der Waals surface area contributed by atoms with Crippen LogP contribution in [-0.2, 0) is 6.54 Å². The Kier molecular flexibility index (Phi) is 2.42. The summed E-state index contributed by atoms with van der Waals surface area (Å²) in [5.74, 6) is 1.87. The van der Waals surface area contributed by atoms with E-state index in [-0.39, 0.29) is 0 Å². The Bertz CT molecular complexity index is 367. The van der Waals surface area contributed by atoms with E-state index in [1.807, 2.05) is 4.90 Å². The standard InChI is InChI=1S/C10H15N3O3/c14-7-3-13(4-8(7)15)5-9-11-10(12-16-9)6-1-2-6/h6-8,14-15H,1-5H2. The second kappa shape index (κ2) is 3.80. The first-order valence-corrected chi connectivity index (χ1v) is 5.63. The highest BCUT2D eigenvalue weighted by molar-refractivity contribution is 5.03. The van der Waals surface area contributed by atoms with Crippen molar-refractivity contribution in [2.45, 2.75) is 37.5 Å². The molecule has 6 nitrogen and oxygen atoms in total. The smallest absolute Gasteiger partial charge is 0.240 e. The lowest BCUT2D eigenvalue weighted by atomic mass is 10.3. The number of aromatic nitrogens is 2. The van der Waals surface area contributed by atoms with Gasteiger partial charge < -0.3 is 14.7 Å². The third-order valence-corrected chi connectivity index (χ3v) is 3.12. The van der Waals surface area contributed by atoms with E-state index < -0.39 is 12.2 Å². The molecule has 1 aromatic heterocycles. The van der Waals surface area contributed by atoms with Crippen molar-refractivity contribution >= 4 is 0 Å². The van der Waals surface area contributed by atoms with Crippen molar-refractivity contribution in [2.75, 3.05) is 13.1 Å². The van der Waals surface area contributed by atoms with E-state index in [1.165, 1.54) is 0 Å². The van der Waals surface area contributed by atoms with Gasteiger partial charge in [-0.3, -0.25) is 4.90 Å². The van der Waals surface area contributed by atoms with Crippen LogP contribution >= 0.6 is 0 Å². The Morgan fingerprint density at radius 3 is 2.56 bits per heavy atom. The van der Waals surface area contributed by atoms with E-state index in [4.69, 9.17) is 4.52 Å². The van der Waals surface area contributed by atoms with Crippen LogP contribution in [0, 0.1) is 0 Å². The van der Waals surface area contributed by atoms with Crippen LogP contribution in [0.5, 0.6) is 0 Å². The summed E-state index contributed by atoms with van der Waals surface area (Å²) in [6.07, 6.45) is 0.983. The van der Waals surface area contributed by atoms with E-state index >= 15 is 0 Å². The maximum absolute atomic E-state index is 9.39. The molecule has 1 aliphatic heterocycles. The molecule has 1 aliphatic carbocycles. The number of nitrogens with zero attached hydrogens (tertiary/aromatic N) is 3. The summed E-state index contributed by atoms with van der Waals surface area (Å²) in [5, 5.41) is 22.7. The minimum atomic E-state index is -0.661. The molecule has 1 saturated heterocycles. The van der Waals surface area contributed by atoms with E-state index in [1.54, 1.807) is 0 Å². The normalized spacial score (nSPS) is 31.1. The van der Waals surface area contributed by atoms with Crippen molar-refractivity contribution in [3.05, 3.63) is 11.7 Å². The van der Waals surface area contributed by atoms with Crippen LogP contribution < -0.4 is 0 Å². The summed E-state index contributed by atoms with van der Waals surface area (Å²) in [6.45, 7) is 1.43. The summed E-state index contributed by atoms with van der Waals surface area (Å²) in [6, 6.07) is 0. The SMILES string of the molecule is OC1CN(Cc2nc(C3CC3)no2)CC1O. The summed E-state index contributed by atoms with van der Waals surface area (Å²) < 4.78 is 5.13. The van der Waals surface area contributed by atoms with Crippen LogP contribution in [-0.4, -0.2) is 50.6 Å². The van der Waals surface area contributed by atoms with E-state index in [2.05, 4.69) is 10.1 Å². The first-order valence-electron chi connectivity index (χ1n) is 5.63. The Morgan fingerprint density at radius 2 is 1.94 bits per heavy atom. The van der Waals surface area contributed by atoms with Crippen LogP contribution in [0.15, 0.2) is 4.52 Å². The maximum Gasteiger partial charge on any atom is 0.240 e. The molecule has 3 rings (SSSR count). The van der Waals surface area contributed by atoms with Gasteiger partial charge in [-0.15, -0.1) is 0 Å². The predicted molar refractivity (Wildman–Crippen MR) is 53.6 cm³/mol. The van der Waals surface area contributed by atoms with Gasteiger partial charge in [0.05, 0.1) is 18.8 Å². The zero-order valence-electron chi connectivity index (χ0n) is 8.91. The molecule has 0 amide bonds. The van der Waals surface area contributed by atoms with Crippen molar-refractivity contribution in [1.82, 2.24) is 15.0 Å². The molecule has 1 aromatic rings. The molecular formula is C10H15N3O3. The molecule has 6 heteroatoms. The van der Waals surface area contributed by atoms with Crippen LogP contribution in [0.4, 0.5) is 0 Å². The van der Waals surface area contributed by atoms with Gasteiger partial charge in [0.2, 0.25) is 5.89 Å². The zero-order chi connectivity index (χ0) is 11.1. The van der Waals surface area contributed by atoms with Gasteiger partial charge in [-0.2, -0.15) is 4.98 Å². The third-order valence-electron chi connectivity index (χ3n) is 3.12. The van der Waals surface area contributed by atoms with Crippen molar-refractivity contribution in [2.24, 2.45) is 0 Å². The molecule has 2 fully saturated rings. The number of aliphatic hydroxyl groups is 2. The average molecular weight is 225 g/mol. The quantitative estimate of drug-likeness (QED) is 0.720. The van der Waals surface area contributed by atoms with Gasteiger partial charge in [0.15, 0.2) is 5.82 Å². The number of rotatable bonds is 3. The molecule has 16 heavy (non-hydrogen) atoms. The molecule has 88 valence electrons. The lowest BCUT2D eigenvalue weighted by Crippen LogP contribution is -2.22. The summed E-state index contributed by atoms with van der Waals surface area (Å²) in [7, 11) is 0. The number of hydrogen-bond donors (Lipinski definition) is 2. The molecular weight excluding hydrogens is 210 g/mol. The number of hydrogen-bond acceptors (Lipinski definition) is 6. The second-order valence-corrected chi connectivity index (χ2v) is 4.65. The highest BCUT2D eigenvalue weighted by Crippen LogP contribution is 2.38. The van der Waals surface area contributed by atoms with Gasteiger partial charge in [-0.05, 0) is 12.8 Å². The average Bonchev–Trinajstić information content (AvgIpc) is 2.92. The lowest BCUT2D eigenvalue weighted by Gasteiger charge is -2.10. The van der Waals surface area contributed by atoms with Gasteiger partial charge in [-0.1, -0.05) is 5.16 Å². The van der Waals surface area contributed by atoms with Gasteiger partial charge in [0.1, 0.15) is 0 Å². The summed E-state index contributed by atoms with van der Waals surface area (Å²) in [4.78, 5) is 6.22. The molecule has 2 N–H and O–H groups in total. The van der Waals surface area contributed by atoms with Gasteiger partial charge in [0, 0.05) is 19.0 Å². The molecule has 0 bridgehead atoms. The Labute approximate surface area is 92.9 Å². The minimum Gasteiger partial charge on any atom is -0.389 e. The maximum atomic E-state index is 9.39. The number of likely N-dealkylation sites (tertiary alicyclic amines) is 1. The topological polar surface area (TPSA) is 82.6 Å². The Morgan fingerprint density at radius 1 is 1.25 bits per heavy atom. The zero-order valence-corrected chi connectivity index (χ0v) is 8.91. The minimum absolute atomic E-state index is 0.461. The Balaban J connectivity index is 1.61. The largest absolute Gasteiger partial charge is 0.389 e. The van der Waals surface area contributed by atoms with Crippen molar-refractivity contribution in [3.8, 4) is 0 Å². The molecule has 0 spiro atoms. The van der Waals surface area contributed by atoms with Crippen molar-refractivity contribution in [1.29, 1.82) is 0 Å². The number of β-amino-alcohol motifs (C(OH)–C–C–N with tert-alkyl or cyclic N) is 2. The summed E-state index contributed by atoms with van der Waals surface area (Å²) >= 11 is 0. The first-order chi connectivity index (χ1) is 7.72. The van der Waals surface area contributed by atoms with E-state index in [9.17, 15) is 10.2 Å². The molecule has 2 unspecified atom stereocenters. The van der Waals surface area contributed by atoms with E-state index in [0.717, 1.165) is 18.7 Å². The van der Waals surface area contributed by atoms with Crippen LogP contribution in [0.2, 0.25) is 0 Å². The molecule has 2 heterocycles. The van der Waals surface area contributed by atoms with Crippen molar-refractivity contribution < 1.29 is 14.7 Å².